The monoisotopic (exact) mass is 312 g/mol. The van der Waals surface area contributed by atoms with Gasteiger partial charge in [0.15, 0.2) is 0 Å². The molecule has 0 atom stereocenters. The number of halogens is 1. The molecule has 1 rings (SSSR count). The van der Waals surface area contributed by atoms with E-state index in [1.165, 1.54) is 0 Å². The maximum Gasteiger partial charge on any atom is 0.102 e. The summed E-state index contributed by atoms with van der Waals surface area (Å²) >= 11 is 0. The highest BCUT2D eigenvalue weighted by Crippen LogP contribution is 2.08. The molecule has 6 heteroatoms. The molecule has 14 heavy (non-hydrogen) atoms. The maximum absolute atomic E-state index is 8.10. The van der Waals surface area contributed by atoms with E-state index in [4.69, 9.17) is 10.3 Å². The van der Waals surface area contributed by atoms with Crippen molar-refractivity contribution >= 4 is 0 Å². The third-order valence-electron chi connectivity index (χ3n) is 2.57. The highest BCUT2D eigenvalue weighted by atomic mass is 127. The van der Waals surface area contributed by atoms with Crippen LogP contribution in [0.15, 0.2) is 5.11 Å². The van der Waals surface area contributed by atoms with Crippen LogP contribution in [0.2, 0.25) is 0 Å². The first kappa shape index (κ1) is 14.0. The first-order valence-corrected chi connectivity index (χ1v) is 4.69. The van der Waals surface area contributed by atoms with Gasteiger partial charge < -0.3 is 33.2 Å². The summed E-state index contributed by atoms with van der Waals surface area (Å²) < 4.78 is 6.35. The van der Waals surface area contributed by atoms with Gasteiger partial charge in [-0.15, -0.1) is 0 Å². The quantitative estimate of drug-likeness (QED) is 0.150. The SMILES string of the molecule is C[N+]1(CCCN=[N+]=[N-])CCOCC1.[I-]. The van der Waals surface area contributed by atoms with Gasteiger partial charge in [-0.25, -0.2) is 0 Å². The normalized spacial score (nSPS) is 19.2. The molecule has 1 fully saturated rings. The Morgan fingerprint density at radius 1 is 1.43 bits per heavy atom. The Bertz CT molecular complexity index is 200. The van der Waals surface area contributed by atoms with Gasteiger partial charge in [0.05, 0.1) is 26.8 Å². The summed E-state index contributed by atoms with van der Waals surface area (Å²) in [6.07, 6.45) is 0.973. The molecule has 1 aliphatic rings. The second kappa shape index (κ2) is 7.28. The average Bonchev–Trinajstić information content (AvgIpc) is 2.14. The molecule has 0 bridgehead atoms. The molecular weight excluding hydrogens is 295 g/mol. The minimum atomic E-state index is 0. The van der Waals surface area contributed by atoms with Crippen molar-refractivity contribution in [3.63, 3.8) is 0 Å². The van der Waals surface area contributed by atoms with Gasteiger partial charge in [0.2, 0.25) is 0 Å². The molecule has 0 unspecified atom stereocenters. The summed E-state index contributed by atoms with van der Waals surface area (Å²) in [4.78, 5) is 2.73. The number of rotatable bonds is 4. The van der Waals surface area contributed by atoms with Crippen LogP contribution in [0.25, 0.3) is 10.4 Å². The van der Waals surface area contributed by atoms with Gasteiger partial charge in [0.1, 0.15) is 13.1 Å². The van der Waals surface area contributed by atoms with E-state index in [-0.39, 0.29) is 24.0 Å². The van der Waals surface area contributed by atoms with Crippen LogP contribution in [0.1, 0.15) is 6.42 Å². The van der Waals surface area contributed by atoms with Gasteiger partial charge in [-0.3, -0.25) is 0 Å². The second-order valence-electron chi connectivity index (χ2n) is 3.71. The molecule has 0 aromatic rings. The van der Waals surface area contributed by atoms with E-state index in [1.807, 2.05) is 0 Å². The Morgan fingerprint density at radius 3 is 2.64 bits per heavy atom. The van der Waals surface area contributed by atoms with Crippen molar-refractivity contribution in [2.24, 2.45) is 5.11 Å². The van der Waals surface area contributed by atoms with Gasteiger partial charge in [-0.1, -0.05) is 5.11 Å². The molecule has 0 aromatic carbocycles. The first-order chi connectivity index (χ1) is 6.27. The molecule has 1 aliphatic heterocycles. The zero-order chi connectivity index (χ0) is 9.57. The number of hydrogen-bond donors (Lipinski definition) is 0. The molecule has 0 N–H and O–H groups in total. The smallest absolute Gasteiger partial charge is 0.102 e. The molecule has 0 amide bonds. The Morgan fingerprint density at radius 2 is 2.07 bits per heavy atom. The molecule has 0 aromatic heterocycles. The summed E-state index contributed by atoms with van der Waals surface area (Å²) in [7, 11) is 2.23. The molecule has 5 nitrogen and oxygen atoms in total. The highest BCUT2D eigenvalue weighted by Gasteiger charge is 2.23. The summed E-state index contributed by atoms with van der Waals surface area (Å²) in [5.41, 5.74) is 8.10. The van der Waals surface area contributed by atoms with Crippen LogP contribution in [0, 0.1) is 0 Å². The molecule has 0 saturated carbocycles. The third kappa shape index (κ3) is 4.99. The summed E-state index contributed by atoms with van der Waals surface area (Å²) in [5.74, 6) is 0. The maximum atomic E-state index is 8.10. The van der Waals surface area contributed by atoms with Gasteiger partial charge in [0, 0.05) is 17.9 Å². The Balaban J connectivity index is 0.00000169. The Labute approximate surface area is 102 Å². The molecule has 0 radical (unpaired) electrons. The lowest BCUT2D eigenvalue weighted by atomic mass is 10.3. The zero-order valence-corrected chi connectivity index (χ0v) is 10.7. The van der Waals surface area contributed by atoms with Crippen LogP contribution in [0.3, 0.4) is 0 Å². The van der Waals surface area contributed by atoms with Crippen molar-refractivity contribution in [3.8, 4) is 0 Å². The highest BCUT2D eigenvalue weighted by molar-refractivity contribution is 4.50. The van der Waals surface area contributed by atoms with Crippen molar-refractivity contribution in [3.05, 3.63) is 10.4 Å². The summed E-state index contributed by atoms with van der Waals surface area (Å²) in [6.45, 7) is 5.58. The average molecular weight is 312 g/mol. The third-order valence-corrected chi connectivity index (χ3v) is 2.57. The number of hydrogen-bond acceptors (Lipinski definition) is 2. The fraction of sp³-hybridized carbons (Fsp3) is 1.00. The van der Waals surface area contributed by atoms with E-state index in [0.29, 0.717) is 6.54 Å². The number of quaternary nitrogens is 1. The largest absolute Gasteiger partial charge is 1.00 e. The minimum absolute atomic E-state index is 0. The fourth-order valence-corrected chi connectivity index (χ4v) is 1.58. The molecule has 1 saturated heterocycles. The lowest BCUT2D eigenvalue weighted by Gasteiger charge is -2.37. The summed E-state index contributed by atoms with van der Waals surface area (Å²) in [6, 6.07) is 0. The molecule has 0 aliphatic carbocycles. The number of nitrogens with zero attached hydrogens (tertiary/aromatic N) is 4. The van der Waals surface area contributed by atoms with Crippen molar-refractivity contribution in [2.45, 2.75) is 6.42 Å². The van der Waals surface area contributed by atoms with Crippen molar-refractivity contribution in [2.75, 3.05) is 46.4 Å². The van der Waals surface area contributed by atoms with Gasteiger partial charge >= 0.3 is 0 Å². The van der Waals surface area contributed by atoms with Crippen molar-refractivity contribution in [1.82, 2.24) is 0 Å². The van der Waals surface area contributed by atoms with Crippen molar-refractivity contribution < 1.29 is 33.2 Å². The number of azide groups is 1. The molecular formula is C8H17IN4O. The Kier molecular flexibility index (Phi) is 7.26. The van der Waals surface area contributed by atoms with E-state index in [2.05, 4.69) is 17.1 Å². The van der Waals surface area contributed by atoms with Crippen LogP contribution < -0.4 is 24.0 Å². The second-order valence-corrected chi connectivity index (χ2v) is 3.71. The fourth-order valence-electron chi connectivity index (χ4n) is 1.58. The van der Waals surface area contributed by atoms with Gasteiger partial charge in [-0.2, -0.15) is 0 Å². The van der Waals surface area contributed by atoms with Gasteiger partial charge in [-0.05, 0) is 5.53 Å². The first-order valence-electron chi connectivity index (χ1n) is 4.69. The molecule has 1 heterocycles. The van der Waals surface area contributed by atoms with Crippen LogP contribution in [-0.2, 0) is 4.74 Å². The van der Waals surface area contributed by atoms with Crippen LogP contribution in [0.5, 0.6) is 0 Å². The van der Waals surface area contributed by atoms with E-state index in [1.54, 1.807) is 0 Å². The van der Waals surface area contributed by atoms with Gasteiger partial charge in [0.25, 0.3) is 0 Å². The van der Waals surface area contributed by atoms with Crippen LogP contribution >= 0.6 is 0 Å². The lowest BCUT2D eigenvalue weighted by molar-refractivity contribution is -0.916. The topological polar surface area (TPSA) is 58.0 Å². The predicted molar refractivity (Wildman–Crippen MR) is 50.2 cm³/mol. The standard InChI is InChI=1S/C8H17N4O.HI/c1-12(4-2-3-10-11-9)5-7-13-8-6-12;/h2-8H2,1H3;1H/q+1;/p-1. The van der Waals surface area contributed by atoms with Crippen LogP contribution in [-0.4, -0.2) is 50.9 Å². The number of morpholine rings is 1. The number of ether oxygens (including phenoxy) is 1. The minimum Gasteiger partial charge on any atom is -1.00 e. The predicted octanol–water partition coefficient (Wildman–Crippen LogP) is -1.83. The molecule has 0 spiro atoms. The lowest BCUT2D eigenvalue weighted by Crippen LogP contribution is -3.00. The van der Waals surface area contributed by atoms with E-state index < -0.39 is 0 Å². The van der Waals surface area contributed by atoms with Crippen LogP contribution in [0.4, 0.5) is 0 Å². The molecule has 82 valence electrons. The number of likely N-dealkylation sites (N-methyl/N-ethyl adjacent to an activating group) is 1. The zero-order valence-electron chi connectivity index (χ0n) is 8.52. The summed E-state index contributed by atoms with van der Waals surface area (Å²) in [5, 5.41) is 3.53. The Hall–Kier alpha value is -0.0400. The van der Waals surface area contributed by atoms with Crippen molar-refractivity contribution in [1.29, 1.82) is 0 Å². The van der Waals surface area contributed by atoms with E-state index in [9.17, 15) is 0 Å². The van der Waals surface area contributed by atoms with E-state index >= 15 is 0 Å². The van der Waals surface area contributed by atoms with E-state index in [0.717, 1.165) is 43.8 Å².